The number of aryl methyl sites for hydroxylation is 1. The number of rotatable bonds is 5. The van der Waals surface area contributed by atoms with E-state index in [1.54, 1.807) is 19.1 Å². The molecule has 174 valence electrons. The van der Waals surface area contributed by atoms with Gasteiger partial charge in [0.2, 0.25) is 6.41 Å². The lowest BCUT2D eigenvalue weighted by Gasteiger charge is -2.29. The third-order valence-corrected chi connectivity index (χ3v) is 5.97. The van der Waals surface area contributed by atoms with Crippen LogP contribution in [-0.4, -0.2) is 27.1 Å². The summed E-state index contributed by atoms with van der Waals surface area (Å²) < 4.78 is 41.6. The number of likely N-dealkylation sites (N-methyl/N-ethyl adjacent to an activating group) is 1. The molecule has 0 radical (unpaired) electrons. The second-order valence-corrected chi connectivity index (χ2v) is 7.98. The van der Waals surface area contributed by atoms with Gasteiger partial charge in [-0.15, -0.1) is 0 Å². The highest BCUT2D eigenvalue weighted by atomic mass is 35.5. The number of ether oxygens (including phenoxy) is 2. The number of nitrogens with two attached hydrogens (primary N) is 1. The zero-order valence-corrected chi connectivity index (χ0v) is 19.3. The standard InChI is InChI=1S/C24H22ClF2NO2.CH3NO/c1-14-9-10-18(29-3)23(27)20(14)21-16-12-24(13-28-2,15-7-5-4-6-8-15)30-19(16)11-17(26)22(21)25;2-1-3/h4-11,28H,12-13H2,1-3H3;1H,(H2,2,3)/t24-;/m1./s1. The largest absolute Gasteiger partial charge is 0.494 e. The summed E-state index contributed by atoms with van der Waals surface area (Å²) in [5, 5.41) is 3.04. The highest BCUT2D eigenvalue weighted by molar-refractivity contribution is 6.34. The van der Waals surface area contributed by atoms with Crippen molar-refractivity contribution in [3.63, 3.8) is 0 Å². The number of hydrogen-bond donors (Lipinski definition) is 2. The van der Waals surface area contributed by atoms with E-state index >= 15 is 4.39 Å². The lowest BCUT2D eigenvalue weighted by atomic mass is 9.85. The fourth-order valence-electron chi connectivity index (χ4n) is 4.21. The van der Waals surface area contributed by atoms with Gasteiger partial charge in [-0.2, -0.15) is 0 Å². The van der Waals surface area contributed by atoms with E-state index < -0.39 is 17.2 Å². The van der Waals surface area contributed by atoms with Crippen LogP contribution >= 0.6 is 11.6 Å². The molecule has 0 aliphatic carbocycles. The third-order valence-electron chi connectivity index (χ3n) is 5.60. The van der Waals surface area contributed by atoms with E-state index in [9.17, 15) is 4.39 Å². The van der Waals surface area contributed by atoms with E-state index in [0.29, 0.717) is 35.4 Å². The second kappa shape index (κ2) is 10.2. The molecule has 0 saturated carbocycles. The maximum atomic E-state index is 15.3. The van der Waals surface area contributed by atoms with Gasteiger partial charge in [0.25, 0.3) is 0 Å². The van der Waals surface area contributed by atoms with Crippen molar-refractivity contribution < 1.29 is 23.0 Å². The van der Waals surface area contributed by atoms with Gasteiger partial charge >= 0.3 is 0 Å². The van der Waals surface area contributed by atoms with Crippen molar-refractivity contribution in [2.24, 2.45) is 5.73 Å². The molecule has 1 heterocycles. The summed E-state index contributed by atoms with van der Waals surface area (Å²) >= 11 is 6.41. The quantitative estimate of drug-likeness (QED) is 0.523. The number of hydrogen-bond acceptors (Lipinski definition) is 4. The van der Waals surface area contributed by atoms with Gasteiger partial charge in [-0.1, -0.05) is 48.0 Å². The molecule has 0 bridgehead atoms. The Balaban J connectivity index is 0.000000968. The minimum atomic E-state index is -0.756. The number of halogens is 3. The molecule has 1 aliphatic heterocycles. The summed E-state index contributed by atoms with van der Waals surface area (Å²) in [6.45, 7) is 2.25. The van der Waals surface area contributed by atoms with Crippen LogP contribution in [0.4, 0.5) is 8.78 Å². The fourth-order valence-corrected chi connectivity index (χ4v) is 4.47. The van der Waals surface area contributed by atoms with Crippen LogP contribution in [0.2, 0.25) is 5.02 Å². The molecule has 1 aliphatic rings. The van der Waals surface area contributed by atoms with Gasteiger partial charge in [0.1, 0.15) is 11.6 Å². The van der Waals surface area contributed by atoms with E-state index in [2.05, 4.69) is 11.1 Å². The molecule has 0 spiro atoms. The predicted octanol–water partition coefficient (Wildman–Crippen LogP) is 4.75. The van der Waals surface area contributed by atoms with Crippen molar-refractivity contribution in [2.75, 3.05) is 20.7 Å². The highest BCUT2D eigenvalue weighted by Gasteiger charge is 2.43. The van der Waals surface area contributed by atoms with Crippen molar-refractivity contribution in [1.82, 2.24) is 5.32 Å². The van der Waals surface area contributed by atoms with E-state index in [4.69, 9.17) is 25.9 Å². The summed E-state index contributed by atoms with van der Waals surface area (Å²) in [5.41, 5.74) is 6.21. The lowest BCUT2D eigenvalue weighted by Crippen LogP contribution is -2.41. The average Bonchev–Trinajstić information content (AvgIpc) is 3.16. The number of nitrogens with one attached hydrogen (secondary N) is 1. The molecule has 1 amide bonds. The second-order valence-electron chi connectivity index (χ2n) is 7.60. The Labute approximate surface area is 196 Å². The van der Waals surface area contributed by atoms with Gasteiger partial charge in [-0.3, -0.25) is 4.79 Å². The van der Waals surface area contributed by atoms with Crippen molar-refractivity contribution in [3.05, 3.63) is 81.9 Å². The van der Waals surface area contributed by atoms with Crippen LogP contribution in [0, 0.1) is 18.6 Å². The Bertz CT molecular complexity index is 1160. The molecule has 8 heteroatoms. The molecular weight excluding hydrogens is 450 g/mol. The lowest BCUT2D eigenvalue weighted by molar-refractivity contribution is -0.106. The summed E-state index contributed by atoms with van der Waals surface area (Å²) in [6, 6.07) is 14.3. The summed E-state index contributed by atoms with van der Waals surface area (Å²) in [6.07, 6.45) is 0.665. The van der Waals surface area contributed by atoms with E-state index in [-0.39, 0.29) is 22.7 Å². The average molecular weight is 475 g/mol. The minimum absolute atomic E-state index is 0.0770. The van der Waals surface area contributed by atoms with Crippen LogP contribution < -0.4 is 20.5 Å². The Morgan fingerprint density at radius 1 is 1.21 bits per heavy atom. The van der Waals surface area contributed by atoms with E-state index in [0.717, 1.165) is 5.56 Å². The van der Waals surface area contributed by atoms with Gasteiger partial charge in [-0.05, 0) is 31.2 Å². The van der Waals surface area contributed by atoms with Gasteiger partial charge in [0.15, 0.2) is 17.2 Å². The number of carbonyl (C=O) groups is 1. The first-order valence-corrected chi connectivity index (χ1v) is 10.6. The first-order chi connectivity index (χ1) is 15.8. The van der Waals surface area contributed by atoms with Crippen LogP contribution in [0.3, 0.4) is 0 Å². The molecule has 0 fully saturated rings. The molecule has 3 aromatic rings. The topological polar surface area (TPSA) is 73.6 Å². The minimum Gasteiger partial charge on any atom is -0.494 e. The summed E-state index contributed by atoms with van der Waals surface area (Å²) in [4.78, 5) is 8.58. The fraction of sp³-hybridized carbons (Fsp3) is 0.240. The SMILES string of the molecule is CNC[C@@]1(c2ccccc2)Cc2c(cc(F)c(Cl)c2-c2c(C)ccc(OC)c2F)O1.NC=O. The molecule has 33 heavy (non-hydrogen) atoms. The Morgan fingerprint density at radius 3 is 2.48 bits per heavy atom. The van der Waals surface area contributed by atoms with Gasteiger partial charge in [0.05, 0.1) is 12.1 Å². The molecular formula is C25H25ClF2N2O3. The van der Waals surface area contributed by atoms with Crippen molar-refractivity contribution in [2.45, 2.75) is 18.9 Å². The van der Waals surface area contributed by atoms with Crippen molar-refractivity contribution >= 4 is 18.0 Å². The smallest absolute Gasteiger partial charge is 0.204 e. The maximum Gasteiger partial charge on any atom is 0.204 e. The number of primary amides is 1. The zero-order chi connectivity index (χ0) is 24.2. The molecule has 4 rings (SSSR count). The van der Waals surface area contributed by atoms with Crippen LogP contribution in [0.5, 0.6) is 11.5 Å². The van der Waals surface area contributed by atoms with Crippen LogP contribution in [0.25, 0.3) is 11.1 Å². The summed E-state index contributed by atoms with van der Waals surface area (Å²) in [7, 11) is 3.23. The molecule has 0 aromatic heterocycles. The van der Waals surface area contributed by atoms with Crippen LogP contribution in [-0.2, 0) is 16.8 Å². The van der Waals surface area contributed by atoms with Crippen molar-refractivity contribution in [3.8, 4) is 22.6 Å². The molecule has 1 atom stereocenters. The van der Waals surface area contributed by atoms with Gasteiger partial charge < -0.3 is 20.5 Å². The number of benzene rings is 3. The van der Waals surface area contributed by atoms with E-state index in [1.807, 2.05) is 37.4 Å². The molecule has 3 aromatic carbocycles. The van der Waals surface area contributed by atoms with Gasteiger partial charge in [0, 0.05) is 35.7 Å². The number of methoxy groups -OCH3 is 1. The zero-order valence-electron chi connectivity index (χ0n) is 18.5. The number of amides is 1. The molecule has 0 unspecified atom stereocenters. The first kappa shape index (κ1) is 24.5. The van der Waals surface area contributed by atoms with Crippen LogP contribution in [0.1, 0.15) is 16.7 Å². The number of fused-ring (bicyclic) bond motifs is 1. The molecule has 3 N–H and O–H groups in total. The Morgan fingerprint density at radius 2 is 1.88 bits per heavy atom. The highest BCUT2D eigenvalue weighted by Crippen LogP contribution is 2.50. The monoisotopic (exact) mass is 474 g/mol. The molecule has 0 saturated heterocycles. The Hall–Kier alpha value is -3.16. The van der Waals surface area contributed by atoms with Crippen LogP contribution in [0.15, 0.2) is 48.5 Å². The number of carbonyl (C=O) groups excluding carboxylic acids is 1. The van der Waals surface area contributed by atoms with E-state index in [1.165, 1.54) is 13.2 Å². The third kappa shape index (κ3) is 4.51. The maximum absolute atomic E-state index is 15.3. The normalized spacial score (nSPS) is 16.3. The predicted molar refractivity (Wildman–Crippen MR) is 125 cm³/mol. The van der Waals surface area contributed by atoms with Gasteiger partial charge in [-0.25, -0.2) is 8.78 Å². The summed E-state index contributed by atoms with van der Waals surface area (Å²) in [5.74, 6) is -0.779. The molecule has 5 nitrogen and oxygen atoms in total. The Kier molecular flexibility index (Phi) is 7.56. The van der Waals surface area contributed by atoms with Crippen molar-refractivity contribution in [1.29, 1.82) is 0 Å². The first-order valence-electron chi connectivity index (χ1n) is 10.2.